The number of aryl methyl sites for hydroxylation is 1. The maximum atomic E-state index is 12.2. The minimum atomic E-state index is -0.266. The Balaban J connectivity index is 2.28. The Kier molecular flexibility index (Phi) is 3.96. The van der Waals surface area contributed by atoms with Crippen LogP contribution in [0, 0.1) is 6.92 Å². The number of halogens is 1. The van der Waals surface area contributed by atoms with Crippen molar-refractivity contribution in [2.24, 2.45) is 5.73 Å². The second-order valence-corrected chi connectivity index (χ2v) is 5.25. The first-order valence-corrected chi connectivity index (χ1v) is 6.60. The highest BCUT2D eigenvalue weighted by Crippen LogP contribution is 2.20. The van der Waals surface area contributed by atoms with E-state index >= 15 is 0 Å². The molecule has 5 nitrogen and oxygen atoms in total. The largest absolute Gasteiger partial charge is 0.389 e. The Morgan fingerprint density at radius 3 is 2.89 bits per heavy atom. The number of nitrogens with two attached hydrogens (primary N) is 1. The number of hydrogen-bond acceptors (Lipinski definition) is 3. The van der Waals surface area contributed by atoms with Crippen molar-refractivity contribution in [3.05, 3.63) is 45.6 Å². The fourth-order valence-corrected chi connectivity index (χ4v) is 2.14. The van der Waals surface area contributed by atoms with Crippen LogP contribution < -0.4 is 11.1 Å². The molecule has 0 saturated heterocycles. The molecule has 0 bridgehead atoms. The van der Waals surface area contributed by atoms with Crippen LogP contribution in [0.3, 0.4) is 0 Å². The van der Waals surface area contributed by atoms with Crippen LogP contribution in [0.15, 0.2) is 28.9 Å². The summed E-state index contributed by atoms with van der Waals surface area (Å²) in [5.41, 5.74) is 7.57. The summed E-state index contributed by atoms with van der Waals surface area (Å²) in [5.74, 6) is 0.128. The first-order valence-electron chi connectivity index (χ1n) is 5.39. The fourth-order valence-electron chi connectivity index (χ4n) is 1.56. The normalized spacial score (nSPS) is 10.2. The zero-order valence-electron chi connectivity index (χ0n) is 10.0. The first-order chi connectivity index (χ1) is 8.99. The highest BCUT2D eigenvalue weighted by atomic mass is 79.9. The molecule has 0 aliphatic carbocycles. The van der Waals surface area contributed by atoms with Crippen molar-refractivity contribution in [3.63, 3.8) is 0 Å². The number of nitrogens with zero attached hydrogens (tertiary/aromatic N) is 1. The van der Waals surface area contributed by atoms with E-state index in [4.69, 9.17) is 18.0 Å². The third-order valence-electron chi connectivity index (χ3n) is 2.51. The maximum Gasteiger partial charge on any atom is 0.257 e. The van der Waals surface area contributed by atoms with E-state index in [2.05, 4.69) is 31.4 Å². The highest BCUT2D eigenvalue weighted by molar-refractivity contribution is 9.10. The highest BCUT2D eigenvalue weighted by Gasteiger charge is 2.14. The molecule has 0 atom stereocenters. The molecule has 0 aliphatic rings. The molecule has 0 fully saturated rings. The lowest BCUT2D eigenvalue weighted by Gasteiger charge is -2.07. The summed E-state index contributed by atoms with van der Waals surface area (Å²) in [7, 11) is 0. The van der Waals surface area contributed by atoms with Gasteiger partial charge in [-0.1, -0.05) is 23.8 Å². The third-order valence-corrected chi connectivity index (χ3v) is 3.42. The summed E-state index contributed by atoms with van der Waals surface area (Å²) in [6.07, 6.45) is 1.48. The lowest BCUT2D eigenvalue weighted by Crippen LogP contribution is -2.17. The number of amides is 1. The lowest BCUT2D eigenvalue weighted by atomic mass is 10.1. The number of aromatic amines is 1. The summed E-state index contributed by atoms with van der Waals surface area (Å²) >= 11 is 8.22. The smallest absolute Gasteiger partial charge is 0.257 e. The molecule has 1 amide bonds. The van der Waals surface area contributed by atoms with Gasteiger partial charge in [-0.15, -0.1) is 0 Å². The molecule has 0 aliphatic heterocycles. The van der Waals surface area contributed by atoms with Gasteiger partial charge in [-0.25, -0.2) is 0 Å². The van der Waals surface area contributed by atoms with Crippen molar-refractivity contribution in [2.75, 3.05) is 5.32 Å². The number of benzene rings is 1. The van der Waals surface area contributed by atoms with Crippen LogP contribution in [0.4, 0.5) is 5.82 Å². The van der Waals surface area contributed by atoms with Gasteiger partial charge in [0.1, 0.15) is 10.8 Å². The maximum absolute atomic E-state index is 12.2. The number of aromatic nitrogens is 2. The lowest BCUT2D eigenvalue weighted by molar-refractivity contribution is 0.102. The topological polar surface area (TPSA) is 83.8 Å². The van der Waals surface area contributed by atoms with Crippen molar-refractivity contribution < 1.29 is 4.79 Å². The zero-order valence-corrected chi connectivity index (χ0v) is 12.4. The van der Waals surface area contributed by atoms with Crippen molar-refractivity contribution in [2.45, 2.75) is 6.92 Å². The Morgan fingerprint density at radius 2 is 2.21 bits per heavy atom. The summed E-state index contributed by atoms with van der Waals surface area (Å²) < 4.78 is 0.715. The van der Waals surface area contributed by atoms with Crippen LogP contribution >= 0.6 is 28.1 Å². The van der Waals surface area contributed by atoms with Crippen LogP contribution in [0.25, 0.3) is 0 Å². The Hall–Kier alpha value is -1.73. The molecule has 0 spiro atoms. The average molecular weight is 339 g/mol. The molecule has 2 rings (SSSR count). The molecule has 1 aromatic carbocycles. The van der Waals surface area contributed by atoms with Gasteiger partial charge in [-0.05, 0) is 35.0 Å². The SMILES string of the molecule is Cc1ccc(Br)c(C(=O)Nc2[nH]ncc2C(N)=S)c1. The minimum absolute atomic E-state index is 0.173. The van der Waals surface area contributed by atoms with Crippen molar-refractivity contribution in [1.82, 2.24) is 10.2 Å². The average Bonchev–Trinajstić information content (AvgIpc) is 2.80. The van der Waals surface area contributed by atoms with Gasteiger partial charge in [-0.2, -0.15) is 5.10 Å². The van der Waals surface area contributed by atoms with Crippen LogP contribution in [-0.4, -0.2) is 21.1 Å². The predicted octanol–water partition coefficient (Wildman–Crippen LogP) is 2.37. The number of hydrogen-bond donors (Lipinski definition) is 3. The van der Waals surface area contributed by atoms with Crippen LogP contribution in [0.1, 0.15) is 21.5 Å². The standard InChI is InChI=1S/C12H11BrN4OS/c1-6-2-3-9(13)7(4-6)12(18)16-11-8(10(14)19)5-15-17-11/h2-5H,1H3,(H2,14,19)(H2,15,16,17,18). The van der Waals surface area contributed by atoms with Gasteiger partial charge in [0.05, 0.1) is 17.3 Å². The molecule has 0 unspecified atom stereocenters. The van der Waals surface area contributed by atoms with Gasteiger partial charge in [-0.3, -0.25) is 9.89 Å². The second kappa shape index (κ2) is 5.50. The molecule has 0 radical (unpaired) electrons. The van der Waals surface area contributed by atoms with Crippen molar-refractivity contribution in [3.8, 4) is 0 Å². The quantitative estimate of drug-likeness (QED) is 0.750. The Labute approximate surface area is 123 Å². The van der Waals surface area contributed by atoms with E-state index in [-0.39, 0.29) is 10.9 Å². The van der Waals surface area contributed by atoms with Crippen molar-refractivity contribution >= 4 is 44.9 Å². The monoisotopic (exact) mass is 338 g/mol. The minimum Gasteiger partial charge on any atom is -0.389 e. The van der Waals surface area contributed by atoms with Crippen LogP contribution in [0.5, 0.6) is 0 Å². The van der Waals surface area contributed by atoms with E-state index in [1.54, 1.807) is 6.07 Å². The summed E-state index contributed by atoms with van der Waals surface area (Å²) in [4.78, 5) is 12.4. The number of anilines is 1. The molecular weight excluding hydrogens is 328 g/mol. The molecule has 1 heterocycles. The summed E-state index contributed by atoms with van der Waals surface area (Å²) in [5, 5.41) is 9.17. The molecular formula is C12H11BrN4OS. The number of H-pyrrole nitrogens is 1. The van der Waals surface area contributed by atoms with E-state index in [1.807, 2.05) is 19.1 Å². The molecule has 0 saturated carbocycles. The van der Waals surface area contributed by atoms with Crippen LogP contribution in [-0.2, 0) is 0 Å². The first kappa shape index (κ1) is 13.7. The van der Waals surface area contributed by atoms with E-state index < -0.39 is 0 Å². The molecule has 1 aromatic heterocycles. The van der Waals surface area contributed by atoms with E-state index in [0.29, 0.717) is 21.4 Å². The fraction of sp³-hybridized carbons (Fsp3) is 0.0833. The van der Waals surface area contributed by atoms with Crippen LogP contribution in [0.2, 0.25) is 0 Å². The van der Waals surface area contributed by atoms with Gasteiger partial charge in [0.15, 0.2) is 0 Å². The van der Waals surface area contributed by atoms with E-state index in [9.17, 15) is 4.79 Å². The van der Waals surface area contributed by atoms with E-state index in [1.165, 1.54) is 6.20 Å². The molecule has 4 N–H and O–H groups in total. The zero-order chi connectivity index (χ0) is 14.0. The number of nitrogens with one attached hydrogen (secondary N) is 2. The predicted molar refractivity (Wildman–Crippen MR) is 81.3 cm³/mol. The van der Waals surface area contributed by atoms with Gasteiger partial charge >= 0.3 is 0 Å². The summed E-state index contributed by atoms with van der Waals surface area (Å²) in [6, 6.07) is 5.53. The number of rotatable bonds is 3. The molecule has 98 valence electrons. The Morgan fingerprint density at radius 1 is 1.47 bits per heavy atom. The summed E-state index contributed by atoms with van der Waals surface area (Å²) in [6.45, 7) is 1.92. The second-order valence-electron chi connectivity index (χ2n) is 3.96. The molecule has 2 aromatic rings. The van der Waals surface area contributed by atoms with Gasteiger partial charge < -0.3 is 11.1 Å². The van der Waals surface area contributed by atoms with E-state index in [0.717, 1.165) is 5.56 Å². The molecule has 19 heavy (non-hydrogen) atoms. The van der Waals surface area contributed by atoms with Gasteiger partial charge in [0.25, 0.3) is 5.91 Å². The molecule has 7 heteroatoms. The third kappa shape index (κ3) is 2.99. The van der Waals surface area contributed by atoms with Gasteiger partial charge in [0, 0.05) is 4.47 Å². The van der Waals surface area contributed by atoms with Crippen molar-refractivity contribution in [1.29, 1.82) is 0 Å². The van der Waals surface area contributed by atoms with Gasteiger partial charge in [0.2, 0.25) is 0 Å². The number of thiocarbonyl (C=S) groups is 1. The Bertz CT molecular complexity index is 653. The number of carbonyl (C=O) groups excluding carboxylic acids is 1. The number of carbonyl (C=O) groups is 1.